The van der Waals surface area contributed by atoms with E-state index in [1.165, 1.54) is 28.9 Å². The van der Waals surface area contributed by atoms with E-state index in [4.69, 9.17) is 4.98 Å². The molecule has 1 aliphatic rings. The second kappa shape index (κ2) is 8.52. The molecule has 4 nitrogen and oxygen atoms in total. The second-order valence-corrected chi connectivity index (χ2v) is 9.10. The van der Waals surface area contributed by atoms with Crippen molar-refractivity contribution in [2.75, 3.05) is 32.0 Å². The van der Waals surface area contributed by atoms with E-state index in [-0.39, 0.29) is 0 Å². The first-order valence-corrected chi connectivity index (χ1v) is 10.5. The maximum Gasteiger partial charge on any atom is 0.184 e. The third kappa shape index (κ3) is 5.34. The average molecular weight is 365 g/mol. The Hall–Kier alpha value is -0.820. The van der Waals surface area contributed by atoms with Gasteiger partial charge in [0, 0.05) is 24.0 Å². The van der Waals surface area contributed by atoms with Gasteiger partial charge in [0.1, 0.15) is 0 Å². The molecular formula is C18H28N4S2. The number of nitrogens with zero attached hydrogens (tertiary/aromatic N) is 2. The minimum Gasteiger partial charge on any atom is -0.359 e. The van der Waals surface area contributed by atoms with Gasteiger partial charge in [0.25, 0.3) is 0 Å². The Bertz CT molecular complexity index is 652. The first kappa shape index (κ1) is 18.0. The van der Waals surface area contributed by atoms with E-state index in [0.717, 1.165) is 30.3 Å². The number of thiazole rings is 1. The van der Waals surface area contributed by atoms with E-state index < -0.39 is 0 Å². The van der Waals surface area contributed by atoms with Gasteiger partial charge in [-0.05, 0) is 68.9 Å². The van der Waals surface area contributed by atoms with Gasteiger partial charge in [-0.15, -0.1) is 0 Å². The van der Waals surface area contributed by atoms with E-state index in [2.05, 4.69) is 47.0 Å². The molecule has 6 heteroatoms. The van der Waals surface area contributed by atoms with Crippen LogP contribution in [0.1, 0.15) is 33.1 Å². The summed E-state index contributed by atoms with van der Waals surface area (Å²) in [4.78, 5) is 6.01. The van der Waals surface area contributed by atoms with E-state index in [1.807, 2.05) is 19.0 Å². The van der Waals surface area contributed by atoms with Crippen LogP contribution in [-0.4, -0.2) is 42.0 Å². The van der Waals surface area contributed by atoms with E-state index in [1.54, 1.807) is 11.3 Å². The molecule has 0 bridgehead atoms. The van der Waals surface area contributed by atoms with Crippen LogP contribution in [0.2, 0.25) is 0 Å². The molecule has 1 fully saturated rings. The summed E-state index contributed by atoms with van der Waals surface area (Å²) in [6, 6.07) is 7.32. The minimum atomic E-state index is 0.660. The summed E-state index contributed by atoms with van der Waals surface area (Å²) >= 11 is 3.66. The molecule has 1 aromatic carbocycles. The van der Waals surface area contributed by atoms with Crippen LogP contribution in [0, 0.1) is 5.92 Å². The maximum atomic E-state index is 4.70. The van der Waals surface area contributed by atoms with Crippen molar-refractivity contribution < 1.29 is 0 Å². The van der Waals surface area contributed by atoms with Gasteiger partial charge in [-0.3, -0.25) is 0 Å². The van der Waals surface area contributed by atoms with Crippen molar-refractivity contribution in [3.8, 4) is 0 Å². The number of hydrogen-bond donors (Lipinski definition) is 2. The van der Waals surface area contributed by atoms with Crippen molar-refractivity contribution >= 4 is 38.6 Å². The Kier molecular flexibility index (Phi) is 6.38. The summed E-state index contributed by atoms with van der Waals surface area (Å²) in [5.74, 6) is 0.675. The van der Waals surface area contributed by atoms with Crippen molar-refractivity contribution in [3.63, 3.8) is 0 Å². The van der Waals surface area contributed by atoms with E-state index >= 15 is 0 Å². The predicted molar refractivity (Wildman–Crippen MR) is 107 cm³/mol. The number of nitrogens with one attached hydrogen (secondary N) is 2. The summed E-state index contributed by atoms with van der Waals surface area (Å²) in [6.45, 7) is 7.86. The van der Waals surface area contributed by atoms with Crippen molar-refractivity contribution in [3.05, 3.63) is 18.2 Å². The smallest absolute Gasteiger partial charge is 0.184 e. The molecule has 0 aliphatic heterocycles. The highest BCUT2D eigenvalue weighted by molar-refractivity contribution is 7.97. The monoisotopic (exact) mass is 364 g/mol. The lowest BCUT2D eigenvalue weighted by atomic mass is 10.2. The first-order chi connectivity index (χ1) is 11.6. The van der Waals surface area contributed by atoms with Crippen molar-refractivity contribution in [2.45, 2.75) is 44.0 Å². The van der Waals surface area contributed by atoms with Crippen LogP contribution in [0.5, 0.6) is 0 Å². The molecule has 2 aromatic rings. The maximum absolute atomic E-state index is 4.70. The molecule has 1 heterocycles. The summed E-state index contributed by atoms with van der Waals surface area (Å²) in [5.41, 5.74) is 1.11. The number of anilines is 1. The van der Waals surface area contributed by atoms with Gasteiger partial charge >= 0.3 is 0 Å². The lowest BCUT2D eigenvalue weighted by Crippen LogP contribution is -2.24. The molecule has 0 saturated heterocycles. The highest BCUT2D eigenvalue weighted by Gasteiger charge is 2.22. The standard InChI is InChI=1S/C18H28N4S2/c1-13(2)12-22(10-4-9-19-3)24-15-7-8-16-17(11-15)23-18(21-16)20-14-5-6-14/h7-8,11,13-14,19H,4-6,9-10,12H2,1-3H3,(H,20,21). The lowest BCUT2D eigenvalue weighted by Gasteiger charge is -2.23. The zero-order chi connectivity index (χ0) is 16.9. The van der Waals surface area contributed by atoms with Gasteiger partial charge in [-0.1, -0.05) is 25.2 Å². The van der Waals surface area contributed by atoms with Crippen LogP contribution in [0.4, 0.5) is 5.13 Å². The molecule has 0 unspecified atom stereocenters. The molecule has 0 atom stereocenters. The molecule has 132 valence electrons. The van der Waals surface area contributed by atoms with Gasteiger partial charge in [-0.25, -0.2) is 9.29 Å². The molecule has 0 amide bonds. The number of rotatable bonds is 10. The number of aromatic nitrogens is 1. The van der Waals surface area contributed by atoms with Crippen LogP contribution in [-0.2, 0) is 0 Å². The van der Waals surface area contributed by atoms with Crippen LogP contribution in [0.3, 0.4) is 0 Å². The van der Waals surface area contributed by atoms with Gasteiger partial charge in [0.05, 0.1) is 10.2 Å². The Morgan fingerprint density at radius 2 is 2.21 bits per heavy atom. The number of hydrogen-bond acceptors (Lipinski definition) is 6. The molecular weight excluding hydrogens is 336 g/mol. The van der Waals surface area contributed by atoms with Gasteiger partial charge in [-0.2, -0.15) is 0 Å². The molecule has 2 N–H and O–H groups in total. The minimum absolute atomic E-state index is 0.660. The van der Waals surface area contributed by atoms with Crippen molar-refractivity contribution in [1.29, 1.82) is 0 Å². The third-order valence-corrected chi connectivity index (χ3v) is 5.91. The molecule has 0 spiro atoms. The van der Waals surface area contributed by atoms with Crippen LogP contribution in [0.15, 0.2) is 23.1 Å². The van der Waals surface area contributed by atoms with E-state index in [9.17, 15) is 0 Å². The normalized spacial score (nSPS) is 14.9. The molecule has 1 aliphatic carbocycles. The molecule has 1 aromatic heterocycles. The zero-order valence-corrected chi connectivity index (χ0v) is 16.5. The average Bonchev–Trinajstić information content (AvgIpc) is 3.24. The first-order valence-electron chi connectivity index (χ1n) is 8.88. The van der Waals surface area contributed by atoms with Gasteiger partial charge < -0.3 is 10.6 Å². The van der Waals surface area contributed by atoms with E-state index in [0.29, 0.717) is 12.0 Å². The highest BCUT2D eigenvalue weighted by Crippen LogP contribution is 2.34. The van der Waals surface area contributed by atoms with Gasteiger partial charge in [0.15, 0.2) is 5.13 Å². The third-order valence-electron chi connectivity index (χ3n) is 3.90. The predicted octanol–water partition coefficient (Wildman–Crippen LogP) is 4.45. The highest BCUT2D eigenvalue weighted by atomic mass is 32.2. The van der Waals surface area contributed by atoms with Crippen molar-refractivity contribution in [2.24, 2.45) is 5.92 Å². The fraction of sp³-hybridized carbons (Fsp3) is 0.611. The quantitative estimate of drug-likeness (QED) is 0.482. The summed E-state index contributed by atoms with van der Waals surface area (Å²) < 4.78 is 3.77. The summed E-state index contributed by atoms with van der Waals surface area (Å²) in [7, 11) is 2.02. The lowest BCUT2D eigenvalue weighted by molar-refractivity contribution is 0.398. The Labute approximate surface area is 153 Å². The number of fused-ring (bicyclic) bond motifs is 1. The summed E-state index contributed by atoms with van der Waals surface area (Å²) in [6.07, 6.45) is 3.75. The Balaban J connectivity index is 1.66. The Morgan fingerprint density at radius 1 is 1.38 bits per heavy atom. The van der Waals surface area contributed by atoms with Crippen LogP contribution < -0.4 is 10.6 Å². The molecule has 24 heavy (non-hydrogen) atoms. The molecule has 0 radical (unpaired) electrons. The fourth-order valence-electron chi connectivity index (χ4n) is 2.59. The van der Waals surface area contributed by atoms with Gasteiger partial charge in [0.2, 0.25) is 0 Å². The molecule has 1 saturated carbocycles. The Morgan fingerprint density at radius 3 is 2.92 bits per heavy atom. The number of benzene rings is 1. The fourth-order valence-corrected chi connectivity index (χ4v) is 4.84. The van der Waals surface area contributed by atoms with Crippen LogP contribution >= 0.6 is 23.3 Å². The topological polar surface area (TPSA) is 40.2 Å². The molecule has 3 rings (SSSR count). The summed E-state index contributed by atoms with van der Waals surface area (Å²) in [5, 5.41) is 7.82. The largest absolute Gasteiger partial charge is 0.359 e. The van der Waals surface area contributed by atoms with Crippen molar-refractivity contribution in [1.82, 2.24) is 14.6 Å². The second-order valence-electron chi connectivity index (χ2n) is 6.90. The SMILES string of the molecule is CNCCCN(CC(C)C)Sc1ccc2nc(NC3CC3)sc2c1. The zero-order valence-electron chi connectivity index (χ0n) is 14.8. The van der Waals surface area contributed by atoms with Crippen LogP contribution in [0.25, 0.3) is 10.2 Å².